The molecule has 1 nitrogen and oxygen atoms in total. The van der Waals surface area contributed by atoms with Gasteiger partial charge in [-0.1, -0.05) is 27.7 Å². The van der Waals surface area contributed by atoms with Crippen molar-refractivity contribution in [1.29, 1.82) is 0 Å². The largest absolute Gasteiger partial charge is 0.390 e. The molecule has 0 aromatic carbocycles. The summed E-state index contributed by atoms with van der Waals surface area (Å²) in [4.78, 5) is 0. The lowest BCUT2D eigenvalue weighted by molar-refractivity contribution is -0.0979. The van der Waals surface area contributed by atoms with E-state index in [4.69, 9.17) is 0 Å². The first-order chi connectivity index (χ1) is 7.89. The molecule has 0 aromatic rings. The van der Waals surface area contributed by atoms with Crippen LogP contribution in [0.1, 0.15) is 66.2 Å². The zero-order valence-electron chi connectivity index (χ0n) is 12.1. The van der Waals surface area contributed by atoms with E-state index in [0.717, 1.165) is 24.7 Å². The minimum Gasteiger partial charge on any atom is -0.390 e. The van der Waals surface area contributed by atoms with E-state index in [0.29, 0.717) is 17.8 Å². The van der Waals surface area contributed by atoms with Crippen LogP contribution in [-0.2, 0) is 0 Å². The highest BCUT2D eigenvalue weighted by atomic mass is 16.3. The van der Waals surface area contributed by atoms with Gasteiger partial charge in [-0.3, -0.25) is 0 Å². The van der Waals surface area contributed by atoms with E-state index in [1.54, 1.807) is 0 Å². The van der Waals surface area contributed by atoms with E-state index in [-0.39, 0.29) is 5.60 Å². The summed E-state index contributed by atoms with van der Waals surface area (Å²) in [6, 6.07) is 0. The van der Waals surface area contributed by atoms with Gasteiger partial charge in [0.25, 0.3) is 0 Å². The Morgan fingerprint density at radius 2 is 1.12 bits per heavy atom. The third kappa shape index (κ3) is 3.05. The number of rotatable bonds is 1. The summed E-state index contributed by atoms with van der Waals surface area (Å²) < 4.78 is 0. The molecule has 4 unspecified atom stereocenters. The third-order valence-electron chi connectivity index (χ3n) is 5.15. The van der Waals surface area contributed by atoms with Gasteiger partial charge < -0.3 is 5.11 Å². The van der Waals surface area contributed by atoms with Crippen molar-refractivity contribution in [2.24, 2.45) is 29.6 Å². The normalized spacial score (nSPS) is 52.4. The standard InChI is InChI=1S/C16H30O/c1-11-5-12(2)8-15(7-11)16(17)9-13(3)6-14(4)10-16/h11-15,17H,5-10H2,1-4H3. The molecule has 1 N–H and O–H groups in total. The van der Waals surface area contributed by atoms with Gasteiger partial charge in [0.15, 0.2) is 0 Å². The Labute approximate surface area is 107 Å². The van der Waals surface area contributed by atoms with E-state index >= 15 is 0 Å². The van der Waals surface area contributed by atoms with Gasteiger partial charge in [-0.15, -0.1) is 0 Å². The Balaban J connectivity index is 2.08. The maximum atomic E-state index is 11.1. The monoisotopic (exact) mass is 238 g/mol. The SMILES string of the molecule is CC1CC(C)CC(C2(O)CC(C)CC(C)C2)C1. The minimum atomic E-state index is -0.347. The molecule has 1 heteroatoms. The Bertz CT molecular complexity index is 240. The van der Waals surface area contributed by atoms with E-state index in [1.165, 1.54) is 25.7 Å². The molecule has 0 heterocycles. The molecule has 2 fully saturated rings. The van der Waals surface area contributed by atoms with Gasteiger partial charge in [-0.05, 0) is 68.1 Å². The van der Waals surface area contributed by atoms with Gasteiger partial charge in [-0.25, -0.2) is 0 Å². The van der Waals surface area contributed by atoms with Crippen molar-refractivity contribution in [3.63, 3.8) is 0 Å². The number of hydrogen-bond donors (Lipinski definition) is 1. The van der Waals surface area contributed by atoms with E-state index in [9.17, 15) is 5.11 Å². The summed E-state index contributed by atoms with van der Waals surface area (Å²) in [5.74, 6) is 3.58. The maximum absolute atomic E-state index is 11.1. The highest BCUT2D eigenvalue weighted by Gasteiger charge is 2.44. The summed E-state index contributed by atoms with van der Waals surface area (Å²) in [5.41, 5.74) is -0.347. The van der Waals surface area contributed by atoms with Crippen LogP contribution >= 0.6 is 0 Å². The molecule has 4 atom stereocenters. The third-order valence-corrected chi connectivity index (χ3v) is 5.15. The van der Waals surface area contributed by atoms with Crippen LogP contribution in [0.25, 0.3) is 0 Å². The van der Waals surface area contributed by atoms with Crippen LogP contribution in [0.5, 0.6) is 0 Å². The minimum absolute atomic E-state index is 0.347. The topological polar surface area (TPSA) is 20.2 Å². The number of hydrogen-bond acceptors (Lipinski definition) is 1. The molecule has 17 heavy (non-hydrogen) atoms. The smallest absolute Gasteiger partial charge is 0.0681 e. The molecule has 0 aromatic heterocycles. The van der Waals surface area contributed by atoms with Crippen LogP contribution in [-0.4, -0.2) is 10.7 Å². The second-order valence-electron chi connectivity index (χ2n) is 7.57. The average molecular weight is 238 g/mol. The lowest BCUT2D eigenvalue weighted by Gasteiger charge is -2.47. The Kier molecular flexibility index (Phi) is 3.87. The van der Waals surface area contributed by atoms with Crippen LogP contribution < -0.4 is 0 Å². The Morgan fingerprint density at radius 3 is 1.59 bits per heavy atom. The summed E-state index contributed by atoms with van der Waals surface area (Å²) in [6.45, 7) is 9.36. The molecule has 2 aliphatic carbocycles. The molecule has 2 saturated carbocycles. The fourth-order valence-corrected chi connectivity index (χ4v) is 4.86. The zero-order chi connectivity index (χ0) is 12.6. The van der Waals surface area contributed by atoms with Crippen molar-refractivity contribution in [2.45, 2.75) is 71.8 Å². The van der Waals surface area contributed by atoms with Crippen LogP contribution in [0.15, 0.2) is 0 Å². The van der Waals surface area contributed by atoms with E-state index in [1.807, 2.05) is 0 Å². The quantitative estimate of drug-likeness (QED) is 0.724. The molecule has 0 amide bonds. The second kappa shape index (κ2) is 4.91. The van der Waals surface area contributed by atoms with Gasteiger partial charge in [-0.2, -0.15) is 0 Å². The summed E-state index contributed by atoms with van der Waals surface area (Å²) in [6.07, 6.45) is 7.25. The first-order valence-electron chi connectivity index (χ1n) is 7.61. The predicted octanol–water partition coefficient (Wildman–Crippen LogP) is 4.25. The van der Waals surface area contributed by atoms with E-state index in [2.05, 4.69) is 27.7 Å². The zero-order valence-corrected chi connectivity index (χ0v) is 12.1. The molecule has 0 aliphatic heterocycles. The van der Waals surface area contributed by atoms with Crippen molar-refractivity contribution in [3.8, 4) is 0 Å². The van der Waals surface area contributed by atoms with Crippen molar-refractivity contribution >= 4 is 0 Å². The second-order valence-corrected chi connectivity index (χ2v) is 7.57. The predicted molar refractivity (Wildman–Crippen MR) is 72.8 cm³/mol. The van der Waals surface area contributed by atoms with Gasteiger partial charge in [0.1, 0.15) is 0 Å². The van der Waals surface area contributed by atoms with Crippen molar-refractivity contribution in [3.05, 3.63) is 0 Å². The van der Waals surface area contributed by atoms with Gasteiger partial charge in [0, 0.05) is 0 Å². The fourth-order valence-electron chi connectivity index (χ4n) is 4.86. The highest BCUT2D eigenvalue weighted by molar-refractivity contribution is 4.95. The molecule has 2 aliphatic rings. The lowest BCUT2D eigenvalue weighted by atomic mass is 9.62. The van der Waals surface area contributed by atoms with Gasteiger partial charge in [0.2, 0.25) is 0 Å². The lowest BCUT2D eigenvalue weighted by Crippen LogP contribution is -2.46. The van der Waals surface area contributed by atoms with Crippen molar-refractivity contribution in [2.75, 3.05) is 0 Å². The molecule has 0 spiro atoms. The summed E-state index contributed by atoms with van der Waals surface area (Å²) in [7, 11) is 0. The highest BCUT2D eigenvalue weighted by Crippen LogP contribution is 2.47. The summed E-state index contributed by atoms with van der Waals surface area (Å²) in [5, 5.41) is 11.1. The van der Waals surface area contributed by atoms with Gasteiger partial charge >= 0.3 is 0 Å². The summed E-state index contributed by atoms with van der Waals surface area (Å²) >= 11 is 0. The molecule has 0 bridgehead atoms. The Morgan fingerprint density at radius 1 is 0.706 bits per heavy atom. The van der Waals surface area contributed by atoms with Crippen molar-refractivity contribution in [1.82, 2.24) is 0 Å². The van der Waals surface area contributed by atoms with E-state index < -0.39 is 0 Å². The number of aliphatic hydroxyl groups is 1. The van der Waals surface area contributed by atoms with Crippen LogP contribution in [0.2, 0.25) is 0 Å². The van der Waals surface area contributed by atoms with Crippen molar-refractivity contribution < 1.29 is 5.11 Å². The fraction of sp³-hybridized carbons (Fsp3) is 1.00. The maximum Gasteiger partial charge on any atom is 0.0681 e. The van der Waals surface area contributed by atoms with Crippen LogP contribution in [0.3, 0.4) is 0 Å². The molecule has 100 valence electrons. The molecule has 0 saturated heterocycles. The van der Waals surface area contributed by atoms with Crippen LogP contribution in [0.4, 0.5) is 0 Å². The van der Waals surface area contributed by atoms with Gasteiger partial charge in [0.05, 0.1) is 5.60 Å². The Hall–Kier alpha value is -0.0400. The molecular formula is C16H30O. The average Bonchev–Trinajstić information content (AvgIpc) is 2.13. The molecular weight excluding hydrogens is 208 g/mol. The first-order valence-corrected chi connectivity index (χ1v) is 7.61. The van der Waals surface area contributed by atoms with Crippen LogP contribution in [0, 0.1) is 29.6 Å². The first kappa shape index (κ1) is 13.4. The molecule has 2 rings (SSSR count). The molecule has 0 radical (unpaired) electrons.